The number of pyridine rings is 1. The zero-order valence-electron chi connectivity index (χ0n) is 23.6. The third-order valence-electron chi connectivity index (χ3n) is 8.74. The maximum atomic E-state index is 9.87. The van der Waals surface area contributed by atoms with Gasteiger partial charge in [-0.1, -0.05) is 36.4 Å². The fourth-order valence-corrected chi connectivity index (χ4v) is 6.32. The van der Waals surface area contributed by atoms with Gasteiger partial charge < -0.3 is 15.2 Å². The Kier molecular flexibility index (Phi) is 7.68. The zero-order chi connectivity index (χ0) is 27.5. The molecule has 2 aromatic carbocycles. The Labute approximate surface area is 237 Å². The van der Waals surface area contributed by atoms with Crippen LogP contribution in [0.3, 0.4) is 0 Å². The second kappa shape index (κ2) is 11.7. The van der Waals surface area contributed by atoms with Gasteiger partial charge >= 0.3 is 0 Å². The Morgan fingerprint density at radius 2 is 1.77 bits per heavy atom. The third-order valence-corrected chi connectivity index (χ3v) is 8.74. The number of nitriles is 1. The summed E-state index contributed by atoms with van der Waals surface area (Å²) in [6.45, 7) is 10.1. The van der Waals surface area contributed by atoms with E-state index in [1.807, 2.05) is 13.1 Å². The van der Waals surface area contributed by atoms with Crippen LogP contribution >= 0.6 is 0 Å². The van der Waals surface area contributed by atoms with Crippen molar-refractivity contribution >= 4 is 34.4 Å². The molecule has 6 heteroatoms. The molecule has 2 fully saturated rings. The first-order valence-electron chi connectivity index (χ1n) is 14.6. The lowest BCUT2D eigenvalue weighted by atomic mass is 10.0. The van der Waals surface area contributed by atoms with Crippen molar-refractivity contribution in [3.8, 4) is 6.07 Å². The van der Waals surface area contributed by atoms with Gasteiger partial charge in [0, 0.05) is 52.8 Å². The van der Waals surface area contributed by atoms with E-state index in [1.165, 1.54) is 62.8 Å². The van der Waals surface area contributed by atoms with E-state index >= 15 is 0 Å². The SMILES string of the molecule is Cc1ncc(C#N)c(Nc2ccc3[nH]ccc3c2C)c1C=Cc1ccc(CN2CCC(N3CCCC3)CC2)cc1. The molecule has 0 amide bonds. The van der Waals surface area contributed by atoms with Gasteiger partial charge in [-0.3, -0.25) is 9.88 Å². The van der Waals surface area contributed by atoms with Gasteiger partial charge in [0.25, 0.3) is 0 Å². The summed E-state index contributed by atoms with van der Waals surface area (Å²) >= 11 is 0. The maximum Gasteiger partial charge on any atom is 0.103 e. The lowest BCUT2D eigenvalue weighted by Gasteiger charge is -2.36. The van der Waals surface area contributed by atoms with Crippen molar-refractivity contribution in [2.45, 2.75) is 52.1 Å². The number of nitrogens with one attached hydrogen (secondary N) is 2. The monoisotopic (exact) mass is 530 g/mol. The van der Waals surface area contributed by atoms with E-state index in [0.29, 0.717) is 5.56 Å². The van der Waals surface area contributed by atoms with Crippen LogP contribution in [0.4, 0.5) is 11.4 Å². The fourth-order valence-electron chi connectivity index (χ4n) is 6.32. The van der Waals surface area contributed by atoms with Gasteiger partial charge in [-0.05, 0) is 101 Å². The number of hydrogen-bond acceptors (Lipinski definition) is 5. The highest BCUT2D eigenvalue weighted by Gasteiger charge is 2.26. The Morgan fingerprint density at radius 1 is 1.00 bits per heavy atom. The molecule has 0 spiro atoms. The van der Waals surface area contributed by atoms with Crippen LogP contribution in [0.5, 0.6) is 0 Å². The number of aromatic amines is 1. The van der Waals surface area contributed by atoms with Crippen LogP contribution in [0.2, 0.25) is 0 Å². The molecule has 0 atom stereocenters. The van der Waals surface area contributed by atoms with Gasteiger partial charge in [0.05, 0.1) is 11.3 Å². The van der Waals surface area contributed by atoms with Crippen LogP contribution in [-0.4, -0.2) is 52.0 Å². The zero-order valence-corrected chi connectivity index (χ0v) is 23.6. The van der Waals surface area contributed by atoms with E-state index < -0.39 is 0 Å². The second-order valence-corrected chi connectivity index (χ2v) is 11.3. The molecule has 0 saturated carbocycles. The standard InChI is InChI=1S/C34H38N6/c1-24-30-13-16-36-33(30)12-11-32(24)38-34-28(21-35)22-37-25(2)31(34)10-9-26-5-7-27(8-6-26)23-39-19-14-29(15-20-39)40-17-3-4-18-40/h5-13,16,22,29,36H,3-4,14-15,17-20,23H2,1-2H3,(H,37,38). The summed E-state index contributed by atoms with van der Waals surface area (Å²) in [5.74, 6) is 0. The van der Waals surface area contributed by atoms with E-state index in [1.54, 1.807) is 6.20 Å². The second-order valence-electron chi connectivity index (χ2n) is 11.3. The summed E-state index contributed by atoms with van der Waals surface area (Å²) in [7, 11) is 0. The molecule has 2 N–H and O–H groups in total. The minimum Gasteiger partial charge on any atom is -0.361 e. The van der Waals surface area contributed by atoms with Crippen LogP contribution < -0.4 is 5.32 Å². The van der Waals surface area contributed by atoms with Crippen LogP contribution in [0, 0.1) is 25.2 Å². The molecule has 40 heavy (non-hydrogen) atoms. The van der Waals surface area contributed by atoms with Crippen LogP contribution in [0.25, 0.3) is 23.1 Å². The van der Waals surface area contributed by atoms with Crippen molar-refractivity contribution in [3.05, 3.63) is 88.4 Å². The maximum absolute atomic E-state index is 9.87. The molecule has 204 valence electrons. The molecule has 0 bridgehead atoms. The molecule has 2 aliphatic heterocycles. The topological polar surface area (TPSA) is 71.0 Å². The van der Waals surface area contributed by atoms with E-state index in [9.17, 15) is 5.26 Å². The minimum absolute atomic E-state index is 0.530. The summed E-state index contributed by atoms with van der Waals surface area (Å²) in [6, 6.07) is 18.2. The van der Waals surface area contributed by atoms with Gasteiger partial charge in [0.15, 0.2) is 0 Å². The highest BCUT2D eigenvalue weighted by molar-refractivity contribution is 5.90. The number of likely N-dealkylation sites (tertiary alicyclic amines) is 2. The van der Waals surface area contributed by atoms with Gasteiger partial charge in [-0.2, -0.15) is 5.26 Å². The summed E-state index contributed by atoms with van der Waals surface area (Å²) < 4.78 is 0. The molecule has 2 aromatic heterocycles. The number of piperidine rings is 1. The molecule has 2 saturated heterocycles. The fraction of sp³-hybridized carbons (Fsp3) is 0.353. The first-order chi connectivity index (χ1) is 19.6. The first kappa shape index (κ1) is 26.3. The van der Waals surface area contributed by atoms with Crippen molar-refractivity contribution in [2.24, 2.45) is 0 Å². The number of benzene rings is 2. The summed E-state index contributed by atoms with van der Waals surface area (Å²) in [5, 5.41) is 14.6. The minimum atomic E-state index is 0.530. The molecule has 6 nitrogen and oxygen atoms in total. The van der Waals surface area contributed by atoms with Gasteiger partial charge in [0.2, 0.25) is 0 Å². The average Bonchev–Trinajstić information content (AvgIpc) is 3.69. The molecule has 4 aromatic rings. The van der Waals surface area contributed by atoms with Gasteiger partial charge in [-0.15, -0.1) is 0 Å². The largest absolute Gasteiger partial charge is 0.361 e. The number of aryl methyl sites for hydroxylation is 2. The van der Waals surface area contributed by atoms with Gasteiger partial charge in [0.1, 0.15) is 6.07 Å². The Hall–Kier alpha value is -3.92. The van der Waals surface area contributed by atoms with Gasteiger partial charge in [-0.25, -0.2) is 0 Å². The molecular formula is C34H38N6. The van der Waals surface area contributed by atoms with Crippen LogP contribution in [0.15, 0.2) is 54.9 Å². The number of H-pyrrole nitrogens is 1. The van der Waals surface area contributed by atoms with Crippen molar-refractivity contribution in [3.63, 3.8) is 0 Å². The van der Waals surface area contributed by atoms with E-state index in [0.717, 1.165) is 51.9 Å². The van der Waals surface area contributed by atoms with Crippen LogP contribution in [0.1, 0.15) is 59.2 Å². The smallest absolute Gasteiger partial charge is 0.103 e. The lowest BCUT2D eigenvalue weighted by molar-refractivity contribution is 0.122. The molecule has 0 aliphatic carbocycles. The predicted octanol–water partition coefficient (Wildman–Crippen LogP) is 7.03. The Morgan fingerprint density at radius 3 is 2.52 bits per heavy atom. The molecule has 6 rings (SSSR count). The predicted molar refractivity (Wildman–Crippen MR) is 164 cm³/mol. The molecule has 0 radical (unpaired) electrons. The number of fused-ring (bicyclic) bond motifs is 1. The molecular weight excluding hydrogens is 492 g/mol. The van der Waals surface area contributed by atoms with Crippen molar-refractivity contribution < 1.29 is 0 Å². The lowest BCUT2D eigenvalue weighted by Crippen LogP contribution is -2.43. The summed E-state index contributed by atoms with van der Waals surface area (Å²) in [5.41, 5.74) is 8.85. The number of anilines is 2. The number of aromatic nitrogens is 2. The van der Waals surface area contributed by atoms with Crippen molar-refractivity contribution in [1.82, 2.24) is 19.8 Å². The Balaban J connectivity index is 1.16. The van der Waals surface area contributed by atoms with E-state index in [4.69, 9.17) is 0 Å². The van der Waals surface area contributed by atoms with Crippen molar-refractivity contribution in [1.29, 1.82) is 5.26 Å². The normalized spacial score (nSPS) is 17.1. The number of hydrogen-bond donors (Lipinski definition) is 2. The number of rotatable bonds is 7. The summed E-state index contributed by atoms with van der Waals surface area (Å²) in [6.07, 6.45) is 13.1. The first-order valence-corrected chi connectivity index (χ1v) is 14.6. The molecule has 4 heterocycles. The summed E-state index contributed by atoms with van der Waals surface area (Å²) in [4.78, 5) is 13.1. The highest BCUT2D eigenvalue weighted by Crippen LogP contribution is 2.32. The van der Waals surface area contributed by atoms with Crippen LogP contribution in [-0.2, 0) is 6.54 Å². The molecule has 2 aliphatic rings. The Bertz CT molecular complexity index is 1540. The van der Waals surface area contributed by atoms with E-state index in [2.05, 4.69) is 92.7 Å². The van der Waals surface area contributed by atoms with Crippen molar-refractivity contribution in [2.75, 3.05) is 31.5 Å². The number of nitrogens with zero attached hydrogens (tertiary/aromatic N) is 4. The third kappa shape index (κ3) is 5.54. The highest BCUT2D eigenvalue weighted by atomic mass is 15.2. The quantitative estimate of drug-likeness (QED) is 0.269. The average molecular weight is 531 g/mol. The van der Waals surface area contributed by atoms with E-state index in [-0.39, 0.29) is 0 Å². The molecule has 0 unspecified atom stereocenters.